The first-order chi connectivity index (χ1) is 6.94. The summed E-state index contributed by atoms with van der Waals surface area (Å²) in [5, 5.41) is 0. The fourth-order valence-electron chi connectivity index (χ4n) is 0.624. The van der Waals surface area contributed by atoms with E-state index in [4.69, 9.17) is 23.2 Å². The van der Waals surface area contributed by atoms with E-state index in [1.165, 1.54) is 20.8 Å². The lowest BCUT2D eigenvalue weighted by Gasteiger charge is -2.23. The molecule has 0 aliphatic carbocycles. The molecule has 5 nitrogen and oxygen atoms in total. The molecular weight excluding hydrogens is 277 g/mol. The van der Waals surface area contributed by atoms with Gasteiger partial charge in [-0.2, -0.15) is 0 Å². The first kappa shape index (κ1) is 16.0. The van der Waals surface area contributed by atoms with Crippen LogP contribution in [0.2, 0.25) is 0 Å². The summed E-state index contributed by atoms with van der Waals surface area (Å²) in [6.07, 6.45) is 0. The Bertz CT molecular complexity index is 359. The van der Waals surface area contributed by atoms with Crippen molar-refractivity contribution in [3.8, 4) is 0 Å². The Hall–Kier alpha value is -0.0400. The maximum atomic E-state index is 11.6. The summed E-state index contributed by atoms with van der Waals surface area (Å²) >= 11 is 11.2. The number of sulfonamides is 1. The third kappa shape index (κ3) is 4.08. The van der Waals surface area contributed by atoms with Gasteiger partial charge in [0.25, 0.3) is 0 Å². The van der Waals surface area contributed by atoms with Crippen molar-refractivity contribution in [1.82, 2.24) is 4.72 Å². The lowest BCUT2D eigenvalue weighted by atomic mass is 10.3. The molecule has 0 radical (unpaired) electrons. The Morgan fingerprint density at radius 2 is 1.75 bits per heavy atom. The lowest BCUT2D eigenvalue weighted by molar-refractivity contribution is -0.141. The molecule has 0 aromatic heterocycles. The van der Waals surface area contributed by atoms with Gasteiger partial charge in [0, 0.05) is 0 Å². The van der Waals surface area contributed by atoms with Crippen LogP contribution in [0.15, 0.2) is 0 Å². The van der Waals surface area contributed by atoms with E-state index >= 15 is 0 Å². The molecule has 0 spiro atoms. The van der Waals surface area contributed by atoms with Gasteiger partial charge in [-0.05, 0) is 20.8 Å². The number of ether oxygens (including phenoxy) is 1. The van der Waals surface area contributed by atoms with Crippen molar-refractivity contribution in [2.24, 2.45) is 0 Å². The topological polar surface area (TPSA) is 72.5 Å². The number of methoxy groups -OCH3 is 1. The Kier molecular flexibility index (Phi) is 5.07. The Morgan fingerprint density at radius 3 is 2.06 bits per heavy atom. The SMILES string of the molecule is COC(=O)C(Cl)(Cl)CNS(=O)(=O)C(C)(C)C. The van der Waals surface area contributed by atoms with E-state index in [2.05, 4.69) is 9.46 Å². The van der Waals surface area contributed by atoms with Crippen LogP contribution in [0.25, 0.3) is 0 Å². The third-order valence-electron chi connectivity index (χ3n) is 1.77. The summed E-state index contributed by atoms with van der Waals surface area (Å²) in [5.41, 5.74) is 0. The van der Waals surface area contributed by atoms with E-state index in [1.54, 1.807) is 0 Å². The number of halogens is 2. The predicted octanol–water partition coefficient (Wildman–Crippen LogP) is 1.05. The van der Waals surface area contributed by atoms with E-state index < -0.39 is 31.6 Å². The molecule has 0 aliphatic rings. The minimum Gasteiger partial charge on any atom is -0.467 e. The molecule has 0 amide bonds. The monoisotopic (exact) mass is 291 g/mol. The van der Waals surface area contributed by atoms with E-state index in [0.29, 0.717) is 0 Å². The first-order valence-corrected chi connectivity index (χ1v) is 6.63. The first-order valence-electron chi connectivity index (χ1n) is 4.39. The predicted molar refractivity (Wildman–Crippen MR) is 63.1 cm³/mol. The second-order valence-electron chi connectivity index (χ2n) is 4.13. The zero-order valence-corrected chi connectivity index (χ0v) is 11.8. The molecular formula is C8H15Cl2NO4S. The van der Waals surface area contributed by atoms with Crippen molar-refractivity contribution in [3.63, 3.8) is 0 Å². The fraction of sp³-hybridized carbons (Fsp3) is 0.875. The maximum absolute atomic E-state index is 11.6. The highest BCUT2D eigenvalue weighted by atomic mass is 35.5. The summed E-state index contributed by atoms with van der Waals surface area (Å²) in [6.45, 7) is 4.09. The molecule has 16 heavy (non-hydrogen) atoms. The average molecular weight is 292 g/mol. The van der Waals surface area contributed by atoms with Gasteiger partial charge < -0.3 is 4.74 Å². The molecule has 0 fully saturated rings. The second-order valence-corrected chi connectivity index (χ2v) is 8.14. The van der Waals surface area contributed by atoms with Gasteiger partial charge in [0.15, 0.2) is 0 Å². The van der Waals surface area contributed by atoms with Crippen molar-refractivity contribution in [2.45, 2.75) is 29.9 Å². The van der Waals surface area contributed by atoms with Crippen LogP contribution in [0.4, 0.5) is 0 Å². The number of nitrogens with one attached hydrogen (secondary N) is 1. The van der Waals surface area contributed by atoms with Crippen LogP contribution < -0.4 is 4.72 Å². The summed E-state index contributed by atoms with van der Waals surface area (Å²) in [6, 6.07) is 0. The molecule has 1 N–H and O–H groups in total. The van der Waals surface area contributed by atoms with Gasteiger partial charge >= 0.3 is 5.97 Å². The Labute approximate surface area is 105 Å². The van der Waals surface area contributed by atoms with Gasteiger partial charge in [0.2, 0.25) is 14.4 Å². The molecule has 0 atom stereocenters. The van der Waals surface area contributed by atoms with Crippen molar-refractivity contribution in [1.29, 1.82) is 0 Å². The number of hydrogen-bond donors (Lipinski definition) is 1. The lowest BCUT2D eigenvalue weighted by Crippen LogP contribution is -2.46. The van der Waals surface area contributed by atoms with Crippen molar-refractivity contribution < 1.29 is 17.9 Å². The highest BCUT2D eigenvalue weighted by molar-refractivity contribution is 7.90. The maximum Gasteiger partial charge on any atom is 0.343 e. The molecule has 96 valence electrons. The van der Waals surface area contributed by atoms with Crippen LogP contribution in [-0.2, 0) is 19.6 Å². The summed E-state index contributed by atoms with van der Waals surface area (Å²) in [4.78, 5) is 11.1. The summed E-state index contributed by atoms with van der Waals surface area (Å²) in [7, 11) is -2.49. The normalized spacial score (nSPS) is 13.6. The molecule has 8 heteroatoms. The number of hydrogen-bond acceptors (Lipinski definition) is 4. The van der Waals surface area contributed by atoms with Crippen LogP contribution >= 0.6 is 23.2 Å². The third-order valence-corrected chi connectivity index (χ3v) is 4.49. The van der Waals surface area contributed by atoms with E-state index in [9.17, 15) is 13.2 Å². The van der Waals surface area contributed by atoms with Crippen LogP contribution in [-0.4, -0.2) is 37.1 Å². The molecule has 0 aromatic carbocycles. The summed E-state index contributed by atoms with van der Waals surface area (Å²) in [5.74, 6) is -0.910. The molecule has 0 saturated heterocycles. The highest BCUT2D eigenvalue weighted by Crippen LogP contribution is 2.23. The number of esters is 1. The van der Waals surface area contributed by atoms with Gasteiger partial charge in [0.05, 0.1) is 18.4 Å². The van der Waals surface area contributed by atoms with Crippen LogP contribution in [0, 0.1) is 0 Å². The minimum atomic E-state index is -3.60. The fourth-order valence-corrected chi connectivity index (χ4v) is 1.91. The van der Waals surface area contributed by atoms with Crippen molar-refractivity contribution in [2.75, 3.05) is 13.7 Å². The highest BCUT2D eigenvalue weighted by Gasteiger charge is 2.38. The quantitative estimate of drug-likeness (QED) is 0.621. The van der Waals surface area contributed by atoms with Crippen LogP contribution in [0.3, 0.4) is 0 Å². The van der Waals surface area contributed by atoms with Gasteiger partial charge in [-0.3, -0.25) is 0 Å². The number of carbonyl (C=O) groups excluding carboxylic acids is 1. The molecule has 0 rings (SSSR count). The van der Waals surface area contributed by atoms with Gasteiger partial charge in [-0.15, -0.1) is 0 Å². The van der Waals surface area contributed by atoms with Gasteiger partial charge in [-0.1, -0.05) is 23.2 Å². The van der Waals surface area contributed by atoms with Crippen LogP contribution in [0.1, 0.15) is 20.8 Å². The van der Waals surface area contributed by atoms with Crippen molar-refractivity contribution >= 4 is 39.2 Å². The van der Waals surface area contributed by atoms with Gasteiger partial charge in [-0.25, -0.2) is 17.9 Å². The molecule has 0 aliphatic heterocycles. The average Bonchev–Trinajstić information content (AvgIpc) is 2.12. The zero-order valence-electron chi connectivity index (χ0n) is 9.50. The van der Waals surface area contributed by atoms with Gasteiger partial charge in [0.1, 0.15) is 0 Å². The minimum absolute atomic E-state index is 0.442. The smallest absolute Gasteiger partial charge is 0.343 e. The number of alkyl halides is 2. The van der Waals surface area contributed by atoms with Crippen molar-refractivity contribution in [3.05, 3.63) is 0 Å². The van der Waals surface area contributed by atoms with E-state index in [1.807, 2.05) is 0 Å². The largest absolute Gasteiger partial charge is 0.467 e. The summed E-state index contributed by atoms with van der Waals surface area (Å²) < 4.78 is 26.8. The van der Waals surface area contributed by atoms with E-state index in [0.717, 1.165) is 7.11 Å². The molecule has 0 heterocycles. The number of carbonyl (C=O) groups is 1. The zero-order chi connectivity index (χ0) is 13.2. The van der Waals surface area contributed by atoms with Crippen LogP contribution in [0.5, 0.6) is 0 Å². The molecule has 0 aromatic rings. The Balaban J connectivity index is 4.65. The second kappa shape index (κ2) is 5.08. The van der Waals surface area contributed by atoms with E-state index in [-0.39, 0.29) is 0 Å². The standard InChI is InChI=1S/C8H15Cl2NO4S/c1-7(2,3)16(13,14)11-5-8(9,10)6(12)15-4/h11H,5H2,1-4H3. The number of rotatable bonds is 4. The molecule has 0 saturated carbocycles. The molecule has 0 unspecified atom stereocenters. The Morgan fingerprint density at radius 1 is 1.31 bits per heavy atom. The molecule has 0 bridgehead atoms.